The first kappa shape index (κ1) is 13.5. The van der Waals surface area contributed by atoms with Gasteiger partial charge in [-0.25, -0.2) is 0 Å². The summed E-state index contributed by atoms with van der Waals surface area (Å²) in [5.74, 6) is 0. The van der Waals surface area contributed by atoms with Crippen molar-refractivity contribution in [3.63, 3.8) is 0 Å². The summed E-state index contributed by atoms with van der Waals surface area (Å²) in [4.78, 5) is 0. The average molecular weight is 227 g/mol. The summed E-state index contributed by atoms with van der Waals surface area (Å²) < 4.78 is 0. The molecule has 0 saturated carbocycles. The maximum atomic E-state index is 8.18. The molecule has 3 heteroatoms. The second-order valence-corrected chi connectivity index (χ2v) is 6.17. The molecular weight excluding hydrogens is 200 g/mol. The Morgan fingerprint density at radius 3 is 2.12 bits per heavy atom. The van der Waals surface area contributed by atoms with Gasteiger partial charge in [0.15, 0.2) is 0 Å². The van der Waals surface area contributed by atoms with Gasteiger partial charge in [-0.1, -0.05) is 18.6 Å². The number of hydrogen-bond donors (Lipinski definition) is 1. The van der Waals surface area contributed by atoms with E-state index in [4.69, 9.17) is 5.21 Å². The molecule has 1 fully saturated rings. The van der Waals surface area contributed by atoms with Gasteiger partial charge in [-0.2, -0.15) is 0 Å². The number of allylic oxidation sites excluding steroid dienone is 1. The van der Waals surface area contributed by atoms with Crippen molar-refractivity contribution >= 4 is 0 Å². The van der Waals surface area contributed by atoms with Crippen LogP contribution in [0.4, 0.5) is 0 Å². The maximum Gasteiger partial charge on any atom is 0.0854 e. The molecule has 0 atom stereocenters. The highest BCUT2D eigenvalue weighted by Gasteiger charge is 2.48. The molecule has 1 saturated heterocycles. The molecule has 0 spiro atoms. The molecular formula is C13H27N2O+. The van der Waals surface area contributed by atoms with Gasteiger partial charge >= 0.3 is 0 Å². The van der Waals surface area contributed by atoms with E-state index in [0.717, 1.165) is 25.0 Å². The van der Waals surface area contributed by atoms with Gasteiger partial charge in [-0.15, -0.1) is 0 Å². The first-order chi connectivity index (χ1) is 7.19. The van der Waals surface area contributed by atoms with Crippen LogP contribution in [0.2, 0.25) is 0 Å². The third kappa shape index (κ3) is 2.77. The van der Waals surface area contributed by atoms with Crippen LogP contribution in [0.25, 0.3) is 0 Å². The standard InChI is InChI=1S/C13H26N2O/c1-7-10(2)14-11-8-12(3,4)15(16)13(5,6)9-11/h11,14,16H,2,7-9H2,1,3-6H3/p+1. The fourth-order valence-corrected chi connectivity index (χ4v) is 2.77. The molecule has 1 rings (SSSR count). The molecule has 1 heterocycles. The highest BCUT2D eigenvalue weighted by Crippen LogP contribution is 2.36. The lowest BCUT2D eigenvalue weighted by molar-refractivity contribution is -0.245. The van der Waals surface area contributed by atoms with E-state index >= 15 is 0 Å². The Bertz CT molecular complexity index is 253. The number of nitrogens with one attached hydrogen (secondary N) is 1. The van der Waals surface area contributed by atoms with E-state index in [2.05, 4.69) is 46.5 Å². The summed E-state index contributed by atoms with van der Waals surface area (Å²) in [6.07, 6.45) is 2.97. The van der Waals surface area contributed by atoms with Crippen molar-refractivity contribution in [2.45, 2.75) is 71.0 Å². The lowest BCUT2D eigenvalue weighted by Gasteiger charge is -2.48. The van der Waals surface area contributed by atoms with Gasteiger partial charge in [-0.3, -0.25) is 0 Å². The van der Waals surface area contributed by atoms with Gasteiger partial charge in [0.05, 0.1) is 11.1 Å². The van der Waals surface area contributed by atoms with Gasteiger partial charge in [0.2, 0.25) is 0 Å². The van der Waals surface area contributed by atoms with Gasteiger partial charge in [-0.05, 0) is 47.0 Å². The Balaban J connectivity index is 2.75. The normalized spacial score (nSPS) is 25.4. The van der Waals surface area contributed by atoms with E-state index in [0.29, 0.717) is 6.04 Å². The number of piperidine rings is 1. The maximum absolute atomic E-state index is 8.18. The summed E-state index contributed by atoms with van der Waals surface area (Å²) in [7, 11) is 0. The monoisotopic (exact) mass is 227 g/mol. The number of rotatable bonds is 3. The van der Waals surface area contributed by atoms with Crippen molar-refractivity contribution in [2.24, 2.45) is 0 Å². The highest BCUT2D eigenvalue weighted by molar-refractivity contribution is 5.02. The zero-order valence-corrected chi connectivity index (χ0v) is 11.4. The van der Waals surface area contributed by atoms with Gasteiger partial charge < -0.3 is 10.5 Å². The quantitative estimate of drug-likeness (QED) is 0.750. The Morgan fingerprint density at radius 1 is 1.31 bits per heavy atom. The Morgan fingerprint density at radius 2 is 1.75 bits per heavy atom. The van der Waals surface area contributed by atoms with E-state index in [1.165, 1.54) is 0 Å². The van der Waals surface area contributed by atoms with Crippen LogP contribution in [0, 0.1) is 0 Å². The summed E-state index contributed by atoms with van der Waals surface area (Å²) in [5, 5.41) is 13.4. The van der Waals surface area contributed by atoms with Gasteiger partial charge in [0, 0.05) is 11.7 Å². The summed E-state index contributed by atoms with van der Waals surface area (Å²) in [6.45, 7) is 14.7. The van der Waals surface area contributed by atoms with E-state index in [-0.39, 0.29) is 11.1 Å². The Hall–Kier alpha value is -0.540. The molecule has 0 aromatic heterocycles. The van der Waals surface area contributed by atoms with E-state index in [9.17, 15) is 0 Å². The zero-order valence-electron chi connectivity index (χ0n) is 11.4. The minimum atomic E-state index is -0.0760. The molecule has 16 heavy (non-hydrogen) atoms. The predicted molar refractivity (Wildman–Crippen MR) is 69.2 cm³/mol. The van der Waals surface area contributed by atoms with E-state index in [1.807, 2.05) is 0 Å². The largest absolute Gasteiger partial charge is 0.386 e. The van der Waals surface area contributed by atoms with Crippen molar-refractivity contribution in [1.82, 2.24) is 10.4 Å². The number of nitrogens with zero attached hydrogens (tertiary/aromatic N) is 1. The molecule has 0 aliphatic carbocycles. The van der Waals surface area contributed by atoms with E-state index in [1.54, 1.807) is 5.06 Å². The Labute approximate surface area is 99.5 Å². The topological polar surface area (TPSA) is 38.2 Å². The van der Waals surface area contributed by atoms with Crippen LogP contribution in [0.1, 0.15) is 53.9 Å². The SMILES string of the molecule is C=C(CC)NC1CC(C)(C)N([OH2+])C(C)(C)C1. The molecule has 0 unspecified atom stereocenters. The molecule has 0 radical (unpaired) electrons. The summed E-state index contributed by atoms with van der Waals surface area (Å²) in [5.41, 5.74) is 0.955. The molecule has 1 aliphatic rings. The second kappa shape index (κ2) is 4.38. The summed E-state index contributed by atoms with van der Waals surface area (Å²) >= 11 is 0. The van der Waals surface area contributed by atoms with Crippen LogP contribution in [0.3, 0.4) is 0 Å². The lowest BCUT2D eigenvalue weighted by Crippen LogP contribution is -2.62. The van der Waals surface area contributed by atoms with Gasteiger partial charge in [0.25, 0.3) is 0 Å². The molecule has 94 valence electrons. The summed E-state index contributed by atoms with van der Waals surface area (Å²) in [6, 6.07) is 0.444. The smallest absolute Gasteiger partial charge is 0.0854 e. The fraction of sp³-hybridized carbons (Fsp3) is 0.846. The first-order valence-electron chi connectivity index (χ1n) is 6.15. The van der Waals surface area contributed by atoms with Crippen molar-refractivity contribution in [3.8, 4) is 0 Å². The van der Waals surface area contributed by atoms with Crippen LogP contribution < -0.4 is 5.32 Å². The third-order valence-electron chi connectivity index (χ3n) is 3.54. The second-order valence-electron chi connectivity index (χ2n) is 6.17. The lowest BCUT2D eigenvalue weighted by atomic mass is 9.79. The van der Waals surface area contributed by atoms with Crippen LogP contribution in [-0.2, 0) is 0 Å². The molecule has 3 N–H and O–H groups in total. The molecule has 0 aromatic rings. The number of hydroxylamine groups is 2. The van der Waals surface area contributed by atoms with Gasteiger partial charge in [0.1, 0.15) is 0 Å². The third-order valence-corrected chi connectivity index (χ3v) is 3.54. The number of hydrogen-bond acceptors (Lipinski definition) is 2. The molecule has 0 aromatic carbocycles. The average Bonchev–Trinajstić information content (AvgIpc) is 2.13. The first-order valence-corrected chi connectivity index (χ1v) is 6.15. The van der Waals surface area contributed by atoms with Crippen molar-refractivity contribution in [1.29, 1.82) is 0 Å². The fourth-order valence-electron chi connectivity index (χ4n) is 2.77. The van der Waals surface area contributed by atoms with E-state index < -0.39 is 0 Å². The van der Waals surface area contributed by atoms with Crippen molar-refractivity contribution < 1.29 is 5.21 Å². The minimum Gasteiger partial charge on any atom is -0.386 e. The molecule has 3 nitrogen and oxygen atoms in total. The molecule has 0 bridgehead atoms. The highest BCUT2D eigenvalue weighted by atomic mass is 16.5. The Kier molecular flexibility index (Phi) is 3.70. The van der Waals surface area contributed by atoms with Crippen LogP contribution in [0.5, 0.6) is 0 Å². The van der Waals surface area contributed by atoms with Crippen LogP contribution in [0.15, 0.2) is 12.3 Å². The van der Waals surface area contributed by atoms with Crippen molar-refractivity contribution in [2.75, 3.05) is 0 Å². The van der Waals surface area contributed by atoms with Crippen molar-refractivity contribution in [3.05, 3.63) is 12.3 Å². The molecule has 0 amide bonds. The van der Waals surface area contributed by atoms with Crippen LogP contribution >= 0.6 is 0 Å². The molecule has 1 aliphatic heterocycles. The van der Waals surface area contributed by atoms with Crippen LogP contribution in [-0.4, -0.2) is 27.4 Å². The zero-order chi connectivity index (χ0) is 12.6. The minimum absolute atomic E-state index is 0.0760. The predicted octanol–water partition coefficient (Wildman–Crippen LogP) is 2.16.